The molecule has 0 aliphatic carbocycles. The van der Waals surface area contributed by atoms with E-state index in [1.54, 1.807) is 0 Å². The van der Waals surface area contributed by atoms with Gasteiger partial charge in [-0.2, -0.15) is 0 Å². The van der Waals surface area contributed by atoms with Crippen LogP contribution < -0.4 is 5.32 Å². The Labute approximate surface area is 108 Å². The Morgan fingerprint density at radius 3 is 3.00 bits per heavy atom. The molecule has 1 N–H and O–H groups in total. The molecule has 1 aliphatic rings. The summed E-state index contributed by atoms with van der Waals surface area (Å²) in [5.41, 5.74) is 0. The van der Waals surface area contributed by atoms with Gasteiger partial charge < -0.3 is 10.1 Å². The number of nitrogens with zero attached hydrogens (tertiary/aromatic N) is 1. The average molecular weight is 254 g/mol. The van der Waals surface area contributed by atoms with Crippen LogP contribution in [-0.2, 0) is 11.2 Å². The molecule has 1 aromatic rings. The van der Waals surface area contributed by atoms with Gasteiger partial charge in [-0.05, 0) is 24.8 Å². The molecule has 0 amide bonds. The van der Waals surface area contributed by atoms with Crippen molar-refractivity contribution in [2.24, 2.45) is 0 Å². The minimum absolute atomic E-state index is 0.563. The molecular formula is C13H22N2OS. The van der Waals surface area contributed by atoms with Gasteiger partial charge in [0.2, 0.25) is 0 Å². The molecule has 17 heavy (non-hydrogen) atoms. The average Bonchev–Trinajstić information content (AvgIpc) is 2.83. The molecule has 1 fully saturated rings. The maximum atomic E-state index is 5.35. The van der Waals surface area contributed by atoms with Crippen LogP contribution in [0.1, 0.15) is 11.8 Å². The minimum Gasteiger partial charge on any atom is -0.379 e. The highest BCUT2D eigenvalue weighted by Crippen LogP contribution is 2.08. The predicted octanol–water partition coefficient (Wildman–Crippen LogP) is 1.60. The Hall–Kier alpha value is -0.420. The molecular weight excluding hydrogens is 232 g/mol. The Balaban J connectivity index is 1.58. The highest BCUT2D eigenvalue weighted by atomic mass is 32.1. The summed E-state index contributed by atoms with van der Waals surface area (Å²) in [5.74, 6) is 0. The Bertz CT molecular complexity index is 296. The highest BCUT2D eigenvalue weighted by Gasteiger charge is 2.12. The smallest absolute Gasteiger partial charge is 0.0594 e. The lowest BCUT2D eigenvalue weighted by Gasteiger charge is -2.29. The molecule has 2 rings (SSSR count). The van der Waals surface area contributed by atoms with Crippen LogP contribution >= 0.6 is 11.3 Å². The summed E-state index contributed by atoms with van der Waals surface area (Å²) < 4.78 is 5.35. The second-order valence-electron chi connectivity index (χ2n) is 4.60. The zero-order valence-corrected chi connectivity index (χ0v) is 11.3. The molecule has 0 bridgehead atoms. The molecule has 0 saturated carbocycles. The van der Waals surface area contributed by atoms with Gasteiger partial charge in [0.1, 0.15) is 0 Å². The number of hydrogen-bond acceptors (Lipinski definition) is 4. The van der Waals surface area contributed by atoms with E-state index in [0.717, 1.165) is 45.8 Å². The Morgan fingerprint density at radius 2 is 2.29 bits per heavy atom. The van der Waals surface area contributed by atoms with Gasteiger partial charge in [-0.3, -0.25) is 4.90 Å². The van der Waals surface area contributed by atoms with Crippen molar-refractivity contribution in [1.29, 1.82) is 0 Å². The summed E-state index contributed by atoms with van der Waals surface area (Å²) in [5, 5.41) is 5.74. The molecule has 1 unspecified atom stereocenters. The van der Waals surface area contributed by atoms with E-state index < -0.39 is 0 Å². The number of nitrogens with one attached hydrogen (secondary N) is 1. The number of morpholine rings is 1. The number of hydrogen-bond donors (Lipinski definition) is 1. The number of ether oxygens (including phenoxy) is 1. The van der Waals surface area contributed by atoms with Crippen molar-refractivity contribution in [2.75, 3.05) is 39.4 Å². The molecule has 1 aliphatic heterocycles. The molecule has 2 heterocycles. The monoisotopic (exact) mass is 254 g/mol. The molecule has 1 atom stereocenters. The predicted molar refractivity (Wildman–Crippen MR) is 72.7 cm³/mol. The molecule has 0 aromatic carbocycles. The minimum atomic E-state index is 0.563. The summed E-state index contributed by atoms with van der Waals surface area (Å²) in [6.07, 6.45) is 1.14. The van der Waals surface area contributed by atoms with E-state index in [0.29, 0.717) is 6.04 Å². The topological polar surface area (TPSA) is 24.5 Å². The van der Waals surface area contributed by atoms with Gasteiger partial charge in [0, 0.05) is 37.1 Å². The maximum absolute atomic E-state index is 5.35. The highest BCUT2D eigenvalue weighted by molar-refractivity contribution is 7.09. The van der Waals surface area contributed by atoms with E-state index in [4.69, 9.17) is 4.74 Å². The van der Waals surface area contributed by atoms with Gasteiger partial charge in [0.15, 0.2) is 0 Å². The van der Waals surface area contributed by atoms with E-state index in [-0.39, 0.29) is 0 Å². The summed E-state index contributed by atoms with van der Waals surface area (Å²) >= 11 is 1.84. The maximum Gasteiger partial charge on any atom is 0.0594 e. The normalized spacial score (nSPS) is 19.4. The summed E-state index contributed by atoms with van der Waals surface area (Å²) in [4.78, 5) is 3.95. The van der Waals surface area contributed by atoms with Crippen LogP contribution in [0.5, 0.6) is 0 Å². The van der Waals surface area contributed by atoms with Gasteiger partial charge in [-0.25, -0.2) is 0 Å². The quantitative estimate of drug-likeness (QED) is 0.834. The van der Waals surface area contributed by atoms with Gasteiger partial charge in [0.05, 0.1) is 13.2 Å². The van der Waals surface area contributed by atoms with Gasteiger partial charge in [-0.1, -0.05) is 6.07 Å². The molecule has 1 aromatic heterocycles. The first-order chi connectivity index (χ1) is 8.34. The fraction of sp³-hybridized carbons (Fsp3) is 0.692. The lowest BCUT2D eigenvalue weighted by Crippen LogP contribution is -2.44. The molecule has 96 valence electrons. The van der Waals surface area contributed by atoms with Crippen molar-refractivity contribution < 1.29 is 4.74 Å². The largest absolute Gasteiger partial charge is 0.379 e. The third kappa shape index (κ3) is 4.76. The van der Waals surface area contributed by atoms with Crippen LogP contribution in [0, 0.1) is 0 Å². The van der Waals surface area contributed by atoms with Crippen LogP contribution in [-0.4, -0.2) is 50.3 Å². The van der Waals surface area contributed by atoms with Gasteiger partial charge in [-0.15, -0.1) is 11.3 Å². The van der Waals surface area contributed by atoms with Crippen molar-refractivity contribution in [3.63, 3.8) is 0 Å². The lowest BCUT2D eigenvalue weighted by atomic mass is 10.2. The van der Waals surface area contributed by atoms with Gasteiger partial charge >= 0.3 is 0 Å². The van der Waals surface area contributed by atoms with E-state index in [2.05, 4.69) is 34.7 Å². The van der Waals surface area contributed by atoms with Crippen LogP contribution in [0.15, 0.2) is 17.5 Å². The fourth-order valence-corrected chi connectivity index (χ4v) is 2.84. The Kier molecular flexibility index (Phi) is 5.45. The van der Waals surface area contributed by atoms with Crippen molar-refractivity contribution in [1.82, 2.24) is 10.2 Å². The summed E-state index contributed by atoms with van der Waals surface area (Å²) in [6, 6.07) is 4.89. The van der Waals surface area contributed by atoms with E-state index >= 15 is 0 Å². The first kappa shape index (κ1) is 13.0. The number of thiophene rings is 1. The van der Waals surface area contributed by atoms with Crippen LogP contribution in [0.25, 0.3) is 0 Å². The van der Waals surface area contributed by atoms with Gasteiger partial charge in [0.25, 0.3) is 0 Å². The van der Waals surface area contributed by atoms with Crippen molar-refractivity contribution in [3.8, 4) is 0 Å². The second-order valence-corrected chi connectivity index (χ2v) is 5.63. The molecule has 4 heteroatoms. The second kappa shape index (κ2) is 7.11. The summed E-state index contributed by atoms with van der Waals surface area (Å²) in [7, 11) is 0. The third-order valence-electron chi connectivity index (χ3n) is 3.08. The van der Waals surface area contributed by atoms with Crippen molar-refractivity contribution >= 4 is 11.3 Å². The van der Waals surface area contributed by atoms with E-state index in [1.807, 2.05) is 11.3 Å². The standard InChI is InChI=1S/C13H22N2OS/c1-12(11-15-6-8-16-9-7-15)14-5-4-13-3-2-10-17-13/h2-3,10,12,14H,4-9,11H2,1H3. The first-order valence-corrected chi connectivity index (χ1v) is 7.28. The van der Waals surface area contributed by atoms with E-state index in [9.17, 15) is 0 Å². The molecule has 0 spiro atoms. The van der Waals surface area contributed by atoms with Crippen molar-refractivity contribution in [3.05, 3.63) is 22.4 Å². The van der Waals surface area contributed by atoms with Crippen molar-refractivity contribution in [2.45, 2.75) is 19.4 Å². The molecule has 3 nitrogen and oxygen atoms in total. The molecule has 1 saturated heterocycles. The third-order valence-corrected chi connectivity index (χ3v) is 4.02. The SMILES string of the molecule is CC(CN1CCOCC1)NCCc1cccs1. The lowest BCUT2D eigenvalue weighted by molar-refractivity contribution is 0.0344. The first-order valence-electron chi connectivity index (χ1n) is 6.40. The zero-order chi connectivity index (χ0) is 11.9. The Morgan fingerprint density at radius 1 is 1.47 bits per heavy atom. The zero-order valence-electron chi connectivity index (χ0n) is 10.5. The molecule has 0 radical (unpaired) electrons. The fourth-order valence-electron chi connectivity index (χ4n) is 2.13. The number of rotatable bonds is 6. The van der Waals surface area contributed by atoms with Crippen LogP contribution in [0.2, 0.25) is 0 Å². The van der Waals surface area contributed by atoms with Crippen LogP contribution in [0.3, 0.4) is 0 Å². The van der Waals surface area contributed by atoms with Crippen LogP contribution in [0.4, 0.5) is 0 Å². The summed E-state index contributed by atoms with van der Waals surface area (Å²) in [6.45, 7) is 8.42. The van der Waals surface area contributed by atoms with E-state index in [1.165, 1.54) is 4.88 Å².